The number of benzene rings is 2. The number of nitrogens with one attached hydrogen (secondary N) is 1. The summed E-state index contributed by atoms with van der Waals surface area (Å²) < 4.78 is 43.7. The molecule has 28 heavy (non-hydrogen) atoms. The minimum Gasteiger partial charge on any atom is -0.455 e. The van der Waals surface area contributed by atoms with Gasteiger partial charge in [0.2, 0.25) is 0 Å². The normalized spacial score (nSPS) is 11.7. The first kappa shape index (κ1) is 19.4. The molecule has 1 aromatic heterocycles. The van der Waals surface area contributed by atoms with Crippen molar-refractivity contribution in [2.24, 2.45) is 5.10 Å². The minimum absolute atomic E-state index is 0.182. The Morgan fingerprint density at radius 2 is 1.82 bits per heavy atom. The minimum atomic E-state index is -4.68. The molecule has 0 saturated heterocycles. The second-order valence-electron chi connectivity index (χ2n) is 5.57. The molecule has 0 aliphatic heterocycles. The van der Waals surface area contributed by atoms with E-state index in [1.54, 1.807) is 36.4 Å². The van der Waals surface area contributed by atoms with Gasteiger partial charge < -0.3 is 4.42 Å². The molecule has 0 unspecified atom stereocenters. The smallest absolute Gasteiger partial charge is 0.416 e. The Hall–Kier alpha value is -3.33. The number of nitro groups is 1. The van der Waals surface area contributed by atoms with E-state index < -0.39 is 22.4 Å². The maximum Gasteiger partial charge on any atom is 0.416 e. The highest BCUT2D eigenvalue weighted by Gasteiger charge is 2.33. The van der Waals surface area contributed by atoms with Gasteiger partial charge in [0.25, 0.3) is 5.69 Å². The molecule has 2 aromatic carbocycles. The first-order valence-corrected chi connectivity index (χ1v) is 8.12. The Labute approximate surface area is 161 Å². The second kappa shape index (κ2) is 7.73. The highest BCUT2D eigenvalue weighted by atomic mass is 35.5. The van der Waals surface area contributed by atoms with Crippen LogP contribution in [0.3, 0.4) is 0 Å². The Balaban J connectivity index is 1.76. The predicted octanol–water partition coefficient (Wildman–Crippen LogP) is 5.97. The molecule has 1 N–H and O–H groups in total. The number of alkyl halides is 3. The molecule has 144 valence electrons. The van der Waals surface area contributed by atoms with Crippen LogP contribution in [-0.2, 0) is 6.18 Å². The van der Waals surface area contributed by atoms with Crippen molar-refractivity contribution in [2.75, 3.05) is 5.43 Å². The topological polar surface area (TPSA) is 80.7 Å². The zero-order valence-electron chi connectivity index (χ0n) is 13.9. The summed E-state index contributed by atoms with van der Waals surface area (Å²) in [7, 11) is 0. The predicted molar refractivity (Wildman–Crippen MR) is 98.5 cm³/mol. The lowest BCUT2D eigenvalue weighted by molar-refractivity contribution is -0.384. The lowest BCUT2D eigenvalue weighted by atomic mass is 10.1. The van der Waals surface area contributed by atoms with E-state index in [2.05, 4.69) is 10.5 Å². The summed E-state index contributed by atoms with van der Waals surface area (Å²) in [5.74, 6) is 0.894. The number of hydrazone groups is 1. The van der Waals surface area contributed by atoms with Crippen LogP contribution in [-0.4, -0.2) is 11.1 Å². The van der Waals surface area contributed by atoms with Gasteiger partial charge in [-0.1, -0.05) is 11.6 Å². The number of rotatable bonds is 5. The number of hydrogen-bond donors (Lipinski definition) is 1. The summed E-state index contributed by atoms with van der Waals surface area (Å²) in [4.78, 5) is 10.1. The summed E-state index contributed by atoms with van der Waals surface area (Å²) in [6.45, 7) is 0. The summed E-state index contributed by atoms with van der Waals surface area (Å²) in [5.41, 5.74) is 1.11. The standard InChI is InChI=1S/C18H11ClF3N3O3/c19-13-4-1-11(2-5-13)17-8-6-14(28-17)10-23-24-15-7-3-12(18(20,21)22)9-16(15)25(26)27/h1-10,24H/b23-10-. The Bertz CT molecular complexity index is 1030. The van der Waals surface area contributed by atoms with Gasteiger partial charge in [0, 0.05) is 16.7 Å². The van der Waals surface area contributed by atoms with Gasteiger partial charge in [-0.3, -0.25) is 15.5 Å². The molecule has 0 fully saturated rings. The zero-order valence-corrected chi connectivity index (χ0v) is 14.7. The van der Waals surface area contributed by atoms with Crippen LogP contribution >= 0.6 is 11.6 Å². The Morgan fingerprint density at radius 3 is 2.46 bits per heavy atom. The lowest BCUT2D eigenvalue weighted by Crippen LogP contribution is -2.06. The van der Waals surface area contributed by atoms with Gasteiger partial charge in [-0.25, -0.2) is 0 Å². The Morgan fingerprint density at radius 1 is 1.11 bits per heavy atom. The van der Waals surface area contributed by atoms with E-state index in [-0.39, 0.29) is 5.69 Å². The highest BCUT2D eigenvalue weighted by Crippen LogP contribution is 2.35. The van der Waals surface area contributed by atoms with E-state index in [1.807, 2.05) is 0 Å². The van der Waals surface area contributed by atoms with Gasteiger partial charge in [-0.2, -0.15) is 18.3 Å². The van der Waals surface area contributed by atoms with Crippen LogP contribution in [0.1, 0.15) is 11.3 Å². The maximum absolute atomic E-state index is 12.7. The number of furan rings is 1. The molecule has 0 aliphatic carbocycles. The fourth-order valence-electron chi connectivity index (χ4n) is 2.31. The van der Waals surface area contributed by atoms with Gasteiger partial charge in [-0.05, 0) is 48.5 Å². The monoisotopic (exact) mass is 409 g/mol. The van der Waals surface area contributed by atoms with E-state index in [0.29, 0.717) is 22.6 Å². The van der Waals surface area contributed by atoms with Crippen LogP contribution in [0.5, 0.6) is 0 Å². The van der Waals surface area contributed by atoms with Crippen molar-refractivity contribution in [3.8, 4) is 11.3 Å². The van der Waals surface area contributed by atoms with E-state index in [4.69, 9.17) is 16.0 Å². The molecule has 0 bridgehead atoms. The number of hydrogen-bond acceptors (Lipinski definition) is 5. The molecule has 3 aromatic rings. The van der Waals surface area contributed by atoms with E-state index >= 15 is 0 Å². The molecule has 1 heterocycles. The highest BCUT2D eigenvalue weighted by molar-refractivity contribution is 6.30. The van der Waals surface area contributed by atoms with Gasteiger partial charge in [0.05, 0.1) is 16.7 Å². The van der Waals surface area contributed by atoms with E-state index in [1.165, 1.54) is 6.21 Å². The van der Waals surface area contributed by atoms with Crippen molar-refractivity contribution >= 4 is 29.2 Å². The molecule has 0 amide bonds. The van der Waals surface area contributed by atoms with Gasteiger partial charge in [0.15, 0.2) is 0 Å². The van der Waals surface area contributed by atoms with Gasteiger partial charge in [0.1, 0.15) is 17.2 Å². The summed E-state index contributed by atoms with van der Waals surface area (Å²) in [6.07, 6.45) is -3.43. The Kier molecular flexibility index (Phi) is 5.36. The summed E-state index contributed by atoms with van der Waals surface area (Å²) in [6, 6.07) is 12.4. The van der Waals surface area contributed by atoms with Crippen LogP contribution in [0.4, 0.5) is 24.5 Å². The third kappa shape index (κ3) is 4.49. The fraction of sp³-hybridized carbons (Fsp3) is 0.0556. The fourth-order valence-corrected chi connectivity index (χ4v) is 2.44. The molecule has 10 heteroatoms. The molecule has 0 radical (unpaired) electrons. The maximum atomic E-state index is 12.7. The third-order valence-corrected chi connectivity index (χ3v) is 3.91. The molecule has 0 atom stereocenters. The summed E-state index contributed by atoms with van der Waals surface area (Å²) in [5, 5.41) is 15.4. The quantitative estimate of drug-likeness (QED) is 0.319. The summed E-state index contributed by atoms with van der Waals surface area (Å²) >= 11 is 5.83. The second-order valence-corrected chi connectivity index (χ2v) is 6.00. The van der Waals surface area contributed by atoms with Crippen molar-refractivity contribution < 1.29 is 22.5 Å². The third-order valence-electron chi connectivity index (χ3n) is 3.65. The largest absolute Gasteiger partial charge is 0.455 e. The van der Waals surface area contributed by atoms with E-state index in [9.17, 15) is 23.3 Å². The van der Waals surface area contributed by atoms with Crippen LogP contribution in [0.25, 0.3) is 11.3 Å². The van der Waals surface area contributed by atoms with Crippen molar-refractivity contribution in [3.63, 3.8) is 0 Å². The molecule has 0 aliphatic rings. The molecule has 0 spiro atoms. The number of anilines is 1. The van der Waals surface area contributed by atoms with Crippen LogP contribution in [0.15, 0.2) is 64.1 Å². The van der Waals surface area contributed by atoms with Crippen molar-refractivity contribution in [1.82, 2.24) is 0 Å². The zero-order chi connectivity index (χ0) is 20.3. The molecule has 3 rings (SSSR count). The SMILES string of the molecule is O=[N+]([O-])c1cc(C(F)(F)F)ccc1N/N=C\c1ccc(-c2ccc(Cl)cc2)o1. The van der Waals surface area contributed by atoms with Crippen molar-refractivity contribution in [3.05, 3.63) is 81.1 Å². The average Bonchev–Trinajstić information content (AvgIpc) is 3.10. The van der Waals surface area contributed by atoms with E-state index in [0.717, 1.165) is 17.7 Å². The lowest BCUT2D eigenvalue weighted by Gasteiger charge is -2.08. The van der Waals surface area contributed by atoms with Crippen molar-refractivity contribution in [2.45, 2.75) is 6.18 Å². The van der Waals surface area contributed by atoms with Crippen LogP contribution < -0.4 is 5.43 Å². The first-order chi connectivity index (χ1) is 13.2. The van der Waals surface area contributed by atoms with Crippen LogP contribution in [0, 0.1) is 10.1 Å². The number of nitro benzene ring substituents is 1. The van der Waals surface area contributed by atoms with Gasteiger partial charge in [-0.15, -0.1) is 0 Å². The van der Waals surface area contributed by atoms with Crippen LogP contribution in [0.2, 0.25) is 5.02 Å². The average molecular weight is 410 g/mol. The molecule has 0 saturated carbocycles. The molecule has 6 nitrogen and oxygen atoms in total. The first-order valence-electron chi connectivity index (χ1n) is 7.74. The van der Waals surface area contributed by atoms with Crippen molar-refractivity contribution in [1.29, 1.82) is 0 Å². The molecular weight excluding hydrogens is 399 g/mol. The number of halogens is 4. The molecular formula is C18H11ClF3N3O3. The van der Waals surface area contributed by atoms with Gasteiger partial charge >= 0.3 is 6.18 Å². The number of nitrogens with zero attached hydrogens (tertiary/aromatic N) is 2.